The van der Waals surface area contributed by atoms with Crippen LogP contribution in [0.3, 0.4) is 0 Å². The van der Waals surface area contributed by atoms with Crippen molar-refractivity contribution in [2.75, 3.05) is 18.0 Å². The highest BCUT2D eigenvalue weighted by Crippen LogP contribution is 2.27. The van der Waals surface area contributed by atoms with Crippen LogP contribution in [-0.2, 0) is 11.3 Å². The maximum absolute atomic E-state index is 12.4. The molecule has 28 heavy (non-hydrogen) atoms. The molecule has 0 spiro atoms. The van der Waals surface area contributed by atoms with Gasteiger partial charge in [-0.1, -0.05) is 12.1 Å². The number of carbonyl (C=O) groups excluding carboxylic acids is 1. The SMILES string of the molecule is C[C@@H]1CN(c2ccc(CNC(=O)c3csc(-c4cccs4)n3)cn2)C[C@H](C)O1. The first kappa shape index (κ1) is 19.0. The smallest absolute Gasteiger partial charge is 0.271 e. The minimum absolute atomic E-state index is 0.168. The van der Waals surface area contributed by atoms with Crippen LogP contribution < -0.4 is 10.2 Å². The van der Waals surface area contributed by atoms with Crippen LogP contribution in [0.4, 0.5) is 5.82 Å². The lowest BCUT2D eigenvalue weighted by Gasteiger charge is -2.36. The standard InChI is InChI=1S/C20H22N4O2S2/c1-13-10-24(11-14(2)26-13)18-6-5-15(8-21-18)9-22-19(25)16-12-28-20(23-16)17-4-3-7-27-17/h3-8,12-14H,9-11H2,1-2H3,(H,22,25)/t13-,14+. The van der Waals surface area contributed by atoms with Crippen LogP contribution in [-0.4, -0.2) is 41.2 Å². The molecule has 0 radical (unpaired) electrons. The zero-order chi connectivity index (χ0) is 19.5. The molecule has 1 fully saturated rings. The van der Waals surface area contributed by atoms with Gasteiger partial charge in [0.15, 0.2) is 0 Å². The summed E-state index contributed by atoms with van der Waals surface area (Å²) in [6, 6.07) is 8.00. The van der Waals surface area contributed by atoms with Gasteiger partial charge in [-0.25, -0.2) is 9.97 Å². The van der Waals surface area contributed by atoms with Crippen LogP contribution in [0.5, 0.6) is 0 Å². The normalized spacial score (nSPS) is 19.6. The number of pyridine rings is 1. The van der Waals surface area contributed by atoms with Crippen LogP contribution in [0.15, 0.2) is 41.2 Å². The number of amides is 1. The number of morpholine rings is 1. The molecule has 4 heterocycles. The number of thiophene rings is 1. The maximum Gasteiger partial charge on any atom is 0.271 e. The molecule has 0 unspecified atom stereocenters. The number of nitrogens with one attached hydrogen (secondary N) is 1. The van der Waals surface area contributed by atoms with Crippen molar-refractivity contribution in [3.63, 3.8) is 0 Å². The number of carbonyl (C=O) groups is 1. The molecule has 0 aromatic carbocycles. The van der Waals surface area contributed by atoms with Crippen LogP contribution in [0.1, 0.15) is 29.9 Å². The first-order valence-corrected chi connectivity index (χ1v) is 11.0. The Hall–Kier alpha value is -2.29. The summed E-state index contributed by atoms with van der Waals surface area (Å²) in [6.07, 6.45) is 2.21. The van der Waals surface area contributed by atoms with E-state index in [1.54, 1.807) is 16.7 Å². The zero-order valence-corrected chi connectivity index (χ0v) is 17.4. The molecule has 1 saturated heterocycles. The van der Waals surface area contributed by atoms with Gasteiger partial charge in [0.2, 0.25) is 0 Å². The van der Waals surface area contributed by atoms with E-state index >= 15 is 0 Å². The number of hydrogen-bond acceptors (Lipinski definition) is 7. The fourth-order valence-electron chi connectivity index (χ4n) is 3.24. The lowest BCUT2D eigenvalue weighted by molar-refractivity contribution is -0.00546. The lowest BCUT2D eigenvalue weighted by Crippen LogP contribution is -2.45. The molecule has 1 aliphatic rings. The predicted molar refractivity (Wildman–Crippen MR) is 113 cm³/mol. The summed E-state index contributed by atoms with van der Waals surface area (Å²) in [7, 11) is 0. The Labute approximate surface area is 172 Å². The minimum atomic E-state index is -0.168. The molecule has 146 valence electrons. The monoisotopic (exact) mass is 414 g/mol. The third-order valence-electron chi connectivity index (χ3n) is 4.47. The van der Waals surface area contributed by atoms with Gasteiger partial charge in [-0.3, -0.25) is 4.79 Å². The molecular weight excluding hydrogens is 392 g/mol. The van der Waals surface area contributed by atoms with E-state index in [4.69, 9.17) is 4.74 Å². The van der Waals surface area contributed by atoms with Crippen molar-refractivity contribution in [2.24, 2.45) is 0 Å². The summed E-state index contributed by atoms with van der Waals surface area (Å²) >= 11 is 3.11. The van der Waals surface area contributed by atoms with Crippen molar-refractivity contribution in [1.82, 2.24) is 15.3 Å². The quantitative estimate of drug-likeness (QED) is 0.688. The van der Waals surface area contributed by atoms with Gasteiger partial charge in [-0.05, 0) is 36.9 Å². The number of rotatable bonds is 5. The topological polar surface area (TPSA) is 67.4 Å². The van der Waals surface area contributed by atoms with Crippen molar-refractivity contribution in [3.05, 3.63) is 52.5 Å². The van der Waals surface area contributed by atoms with E-state index < -0.39 is 0 Å². The molecule has 0 bridgehead atoms. The van der Waals surface area contributed by atoms with Crippen molar-refractivity contribution in [2.45, 2.75) is 32.6 Å². The molecule has 0 saturated carbocycles. The fourth-order valence-corrected chi connectivity index (χ4v) is 4.85. The Kier molecular flexibility index (Phi) is 5.70. The van der Waals surface area contributed by atoms with E-state index in [2.05, 4.69) is 34.0 Å². The van der Waals surface area contributed by atoms with Gasteiger partial charge in [0.05, 0.1) is 17.1 Å². The van der Waals surface area contributed by atoms with Crippen LogP contribution in [0.2, 0.25) is 0 Å². The Morgan fingerprint density at radius 3 is 2.75 bits per heavy atom. The first-order chi connectivity index (χ1) is 13.6. The average molecular weight is 415 g/mol. The molecular formula is C20H22N4O2S2. The fraction of sp³-hybridized carbons (Fsp3) is 0.350. The summed E-state index contributed by atoms with van der Waals surface area (Å²) in [6.45, 7) is 6.26. The number of thiazole rings is 1. The Bertz CT molecular complexity index is 914. The first-order valence-electron chi connectivity index (χ1n) is 9.21. The van der Waals surface area contributed by atoms with Gasteiger partial charge >= 0.3 is 0 Å². The second-order valence-electron chi connectivity index (χ2n) is 6.88. The van der Waals surface area contributed by atoms with E-state index in [0.717, 1.165) is 34.4 Å². The molecule has 4 rings (SSSR count). The molecule has 3 aromatic rings. The zero-order valence-electron chi connectivity index (χ0n) is 15.8. The summed E-state index contributed by atoms with van der Waals surface area (Å²) < 4.78 is 5.77. The maximum atomic E-state index is 12.4. The number of hydrogen-bond donors (Lipinski definition) is 1. The molecule has 0 aliphatic carbocycles. The molecule has 6 nitrogen and oxygen atoms in total. The summed E-state index contributed by atoms with van der Waals surface area (Å²) in [5.74, 6) is 0.774. The van der Waals surface area contributed by atoms with E-state index in [9.17, 15) is 4.79 Å². The summed E-state index contributed by atoms with van der Waals surface area (Å²) in [5, 5.41) is 7.60. The van der Waals surface area contributed by atoms with Crippen molar-refractivity contribution < 1.29 is 9.53 Å². The average Bonchev–Trinajstić information content (AvgIpc) is 3.37. The van der Waals surface area contributed by atoms with Crippen molar-refractivity contribution in [1.29, 1.82) is 0 Å². The lowest BCUT2D eigenvalue weighted by atomic mass is 10.2. The second-order valence-corrected chi connectivity index (χ2v) is 8.69. The third kappa shape index (κ3) is 4.40. The minimum Gasteiger partial charge on any atom is -0.372 e. The molecule has 1 N–H and O–H groups in total. The van der Waals surface area contributed by atoms with Crippen LogP contribution in [0, 0.1) is 0 Å². The molecule has 1 amide bonds. The highest BCUT2D eigenvalue weighted by atomic mass is 32.1. The number of nitrogens with zero attached hydrogens (tertiary/aromatic N) is 3. The van der Waals surface area contributed by atoms with E-state index in [0.29, 0.717) is 12.2 Å². The van der Waals surface area contributed by atoms with Crippen molar-refractivity contribution in [3.8, 4) is 9.88 Å². The Morgan fingerprint density at radius 2 is 2.07 bits per heavy atom. The van der Waals surface area contributed by atoms with Crippen LogP contribution in [0.25, 0.3) is 9.88 Å². The molecule has 8 heteroatoms. The Morgan fingerprint density at radius 1 is 1.25 bits per heavy atom. The van der Waals surface area contributed by atoms with E-state index in [1.807, 2.05) is 35.8 Å². The predicted octanol–water partition coefficient (Wildman–Crippen LogP) is 3.81. The number of aromatic nitrogens is 2. The summed E-state index contributed by atoms with van der Waals surface area (Å²) in [5.41, 5.74) is 1.41. The highest BCUT2D eigenvalue weighted by molar-refractivity contribution is 7.20. The molecule has 1 aliphatic heterocycles. The van der Waals surface area contributed by atoms with Crippen LogP contribution >= 0.6 is 22.7 Å². The van der Waals surface area contributed by atoms with Gasteiger partial charge in [0.25, 0.3) is 5.91 Å². The van der Waals surface area contributed by atoms with Gasteiger partial charge in [0, 0.05) is 31.2 Å². The second kappa shape index (κ2) is 8.38. The largest absolute Gasteiger partial charge is 0.372 e. The number of ether oxygens (including phenoxy) is 1. The highest BCUT2D eigenvalue weighted by Gasteiger charge is 2.23. The Balaban J connectivity index is 1.34. The van der Waals surface area contributed by atoms with E-state index in [-0.39, 0.29) is 18.1 Å². The third-order valence-corrected chi connectivity index (χ3v) is 6.36. The van der Waals surface area contributed by atoms with Gasteiger partial charge in [-0.2, -0.15) is 0 Å². The van der Waals surface area contributed by atoms with Gasteiger partial charge in [-0.15, -0.1) is 22.7 Å². The number of anilines is 1. The van der Waals surface area contributed by atoms with E-state index in [1.165, 1.54) is 11.3 Å². The van der Waals surface area contributed by atoms with Gasteiger partial charge in [0.1, 0.15) is 16.5 Å². The molecule has 2 atom stereocenters. The molecule has 3 aromatic heterocycles. The van der Waals surface area contributed by atoms with Crippen molar-refractivity contribution >= 4 is 34.4 Å². The van der Waals surface area contributed by atoms with Gasteiger partial charge < -0.3 is 15.0 Å². The summed E-state index contributed by atoms with van der Waals surface area (Å²) in [4.78, 5) is 24.7.